The number of hydrogen-bond donors (Lipinski definition) is 3. The number of anilines is 2. The van der Waals surface area contributed by atoms with Crippen LogP contribution in [0.15, 0.2) is 46.6 Å². The van der Waals surface area contributed by atoms with Gasteiger partial charge in [0, 0.05) is 23.0 Å². The highest BCUT2D eigenvalue weighted by molar-refractivity contribution is 5.60. The average molecular weight is 272 g/mol. The summed E-state index contributed by atoms with van der Waals surface area (Å²) in [4.78, 5) is 0. The Morgan fingerprint density at radius 1 is 1.00 bits per heavy atom. The van der Waals surface area contributed by atoms with E-state index in [0.717, 1.165) is 0 Å². The largest absolute Gasteiger partial charge is 0.494 e. The standard InChI is InChI=1S/C14H16N4O2/c1-20-14-7-11(16)3-5-13(14)18-17-12-4-2-10(15)6-9(12)8-19/h2-7,19H,8,15-16H2,1H3. The lowest BCUT2D eigenvalue weighted by atomic mass is 10.2. The molecule has 2 rings (SSSR count). The predicted molar refractivity (Wildman–Crippen MR) is 78.4 cm³/mol. The first-order valence-electron chi connectivity index (χ1n) is 5.98. The Balaban J connectivity index is 2.34. The lowest BCUT2D eigenvalue weighted by Gasteiger charge is -2.05. The number of aliphatic hydroxyl groups is 1. The highest BCUT2D eigenvalue weighted by Gasteiger charge is 2.04. The summed E-state index contributed by atoms with van der Waals surface area (Å²) in [5, 5.41) is 17.5. The second-order valence-electron chi connectivity index (χ2n) is 4.18. The van der Waals surface area contributed by atoms with E-state index in [0.29, 0.717) is 34.1 Å². The number of ether oxygens (including phenoxy) is 1. The van der Waals surface area contributed by atoms with E-state index in [4.69, 9.17) is 16.2 Å². The number of nitrogens with zero attached hydrogens (tertiary/aromatic N) is 2. The van der Waals surface area contributed by atoms with Crippen LogP contribution in [0.3, 0.4) is 0 Å². The Kier molecular flexibility index (Phi) is 4.17. The molecule has 6 nitrogen and oxygen atoms in total. The first-order chi connectivity index (χ1) is 9.63. The molecule has 2 aromatic rings. The summed E-state index contributed by atoms with van der Waals surface area (Å²) < 4.78 is 5.19. The van der Waals surface area contributed by atoms with Gasteiger partial charge in [-0.25, -0.2) is 0 Å². The van der Waals surface area contributed by atoms with E-state index in [1.54, 1.807) is 36.4 Å². The van der Waals surface area contributed by atoms with E-state index in [1.807, 2.05) is 0 Å². The summed E-state index contributed by atoms with van der Waals surface area (Å²) in [6.45, 7) is -0.154. The Morgan fingerprint density at radius 2 is 1.60 bits per heavy atom. The van der Waals surface area contributed by atoms with Gasteiger partial charge in [-0.15, -0.1) is 5.11 Å². The van der Waals surface area contributed by atoms with Crippen molar-refractivity contribution >= 4 is 22.7 Å². The van der Waals surface area contributed by atoms with Gasteiger partial charge in [0.05, 0.1) is 19.4 Å². The third kappa shape index (κ3) is 3.04. The summed E-state index contributed by atoms with van der Waals surface area (Å²) in [5.74, 6) is 0.537. The van der Waals surface area contributed by atoms with Gasteiger partial charge >= 0.3 is 0 Å². The molecular formula is C14H16N4O2. The van der Waals surface area contributed by atoms with Gasteiger partial charge in [-0.1, -0.05) is 0 Å². The molecule has 0 aliphatic carbocycles. The van der Waals surface area contributed by atoms with Crippen LogP contribution in [0.2, 0.25) is 0 Å². The third-order valence-electron chi connectivity index (χ3n) is 2.74. The van der Waals surface area contributed by atoms with Crippen LogP contribution in [0.25, 0.3) is 0 Å². The van der Waals surface area contributed by atoms with E-state index >= 15 is 0 Å². The first-order valence-corrected chi connectivity index (χ1v) is 5.98. The summed E-state index contributed by atoms with van der Waals surface area (Å²) in [7, 11) is 1.54. The maximum atomic E-state index is 9.28. The minimum atomic E-state index is -0.154. The molecule has 0 saturated carbocycles. The zero-order valence-corrected chi connectivity index (χ0v) is 11.1. The fourth-order valence-corrected chi connectivity index (χ4v) is 1.71. The molecule has 0 atom stereocenters. The number of benzene rings is 2. The van der Waals surface area contributed by atoms with Crippen molar-refractivity contribution in [2.45, 2.75) is 6.61 Å². The number of rotatable bonds is 4. The lowest BCUT2D eigenvalue weighted by Crippen LogP contribution is -1.89. The van der Waals surface area contributed by atoms with Crippen LogP contribution in [-0.4, -0.2) is 12.2 Å². The van der Waals surface area contributed by atoms with Crippen LogP contribution in [0.4, 0.5) is 22.7 Å². The van der Waals surface area contributed by atoms with Gasteiger partial charge in [-0.3, -0.25) is 0 Å². The van der Waals surface area contributed by atoms with Crippen molar-refractivity contribution in [3.05, 3.63) is 42.0 Å². The molecule has 5 N–H and O–H groups in total. The molecule has 6 heteroatoms. The van der Waals surface area contributed by atoms with Gasteiger partial charge < -0.3 is 21.3 Å². The molecule has 0 radical (unpaired) electrons. The average Bonchev–Trinajstić information content (AvgIpc) is 2.46. The molecule has 0 spiro atoms. The van der Waals surface area contributed by atoms with Crippen molar-refractivity contribution in [3.8, 4) is 5.75 Å². The number of azo groups is 1. The van der Waals surface area contributed by atoms with Crippen molar-refractivity contribution in [2.24, 2.45) is 10.2 Å². The fraction of sp³-hybridized carbons (Fsp3) is 0.143. The second kappa shape index (κ2) is 6.03. The molecule has 2 aromatic carbocycles. The summed E-state index contributed by atoms with van der Waals surface area (Å²) in [6, 6.07) is 10.2. The zero-order chi connectivity index (χ0) is 14.5. The van der Waals surface area contributed by atoms with Crippen LogP contribution in [0, 0.1) is 0 Å². The summed E-state index contributed by atoms with van der Waals surface area (Å²) in [5.41, 5.74) is 14.2. The molecule has 0 amide bonds. The molecule has 104 valence electrons. The quantitative estimate of drug-likeness (QED) is 0.587. The number of nitrogen functional groups attached to an aromatic ring is 2. The maximum absolute atomic E-state index is 9.28. The number of methoxy groups -OCH3 is 1. The van der Waals surface area contributed by atoms with Crippen molar-refractivity contribution in [1.82, 2.24) is 0 Å². The first kappa shape index (κ1) is 13.8. The zero-order valence-electron chi connectivity index (χ0n) is 11.1. The maximum Gasteiger partial charge on any atom is 0.148 e. The smallest absolute Gasteiger partial charge is 0.148 e. The minimum Gasteiger partial charge on any atom is -0.494 e. The highest BCUT2D eigenvalue weighted by atomic mass is 16.5. The Hall–Kier alpha value is -2.60. The molecule has 0 unspecified atom stereocenters. The molecule has 0 heterocycles. The van der Waals surface area contributed by atoms with Gasteiger partial charge in [0.1, 0.15) is 11.4 Å². The predicted octanol–water partition coefficient (Wildman–Crippen LogP) is 2.77. The summed E-state index contributed by atoms with van der Waals surface area (Å²) in [6.07, 6.45) is 0. The molecule has 20 heavy (non-hydrogen) atoms. The van der Waals surface area contributed by atoms with E-state index in [9.17, 15) is 5.11 Å². The number of aliphatic hydroxyl groups excluding tert-OH is 1. The molecule has 0 fully saturated rings. The van der Waals surface area contributed by atoms with E-state index in [2.05, 4.69) is 10.2 Å². The van der Waals surface area contributed by atoms with Gasteiger partial charge in [0.25, 0.3) is 0 Å². The van der Waals surface area contributed by atoms with Crippen LogP contribution in [0.5, 0.6) is 5.75 Å². The van der Waals surface area contributed by atoms with E-state index in [-0.39, 0.29) is 6.61 Å². The van der Waals surface area contributed by atoms with Crippen molar-refractivity contribution in [1.29, 1.82) is 0 Å². The van der Waals surface area contributed by atoms with Crippen molar-refractivity contribution in [2.75, 3.05) is 18.6 Å². The second-order valence-corrected chi connectivity index (χ2v) is 4.18. The number of nitrogens with two attached hydrogens (primary N) is 2. The molecule has 0 saturated heterocycles. The number of hydrogen-bond acceptors (Lipinski definition) is 6. The van der Waals surface area contributed by atoms with Crippen molar-refractivity contribution < 1.29 is 9.84 Å². The Labute approximate surface area is 116 Å². The van der Waals surface area contributed by atoms with E-state index in [1.165, 1.54) is 7.11 Å². The normalized spacial score (nSPS) is 10.9. The van der Waals surface area contributed by atoms with Crippen LogP contribution >= 0.6 is 0 Å². The van der Waals surface area contributed by atoms with Gasteiger partial charge in [0.2, 0.25) is 0 Å². The van der Waals surface area contributed by atoms with Crippen molar-refractivity contribution in [3.63, 3.8) is 0 Å². The Morgan fingerprint density at radius 3 is 2.25 bits per heavy atom. The Bertz CT molecular complexity index is 586. The molecule has 0 aliphatic heterocycles. The molecule has 0 bridgehead atoms. The molecule has 0 aliphatic rings. The third-order valence-corrected chi connectivity index (χ3v) is 2.74. The van der Waals surface area contributed by atoms with E-state index < -0.39 is 0 Å². The minimum absolute atomic E-state index is 0.154. The van der Waals surface area contributed by atoms with Crippen LogP contribution < -0.4 is 16.2 Å². The van der Waals surface area contributed by atoms with Gasteiger partial charge in [-0.05, 0) is 30.3 Å². The van der Waals surface area contributed by atoms with Crippen LogP contribution in [-0.2, 0) is 6.61 Å². The highest BCUT2D eigenvalue weighted by Crippen LogP contribution is 2.31. The monoisotopic (exact) mass is 272 g/mol. The van der Waals surface area contributed by atoms with Gasteiger partial charge in [0.15, 0.2) is 0 Å². The van der Waals surface area contributed by atoms with Crippen LogP contribution in [0.1, 0.15) is 5.56 Å². The molecule has 0 aromatic heterocycles. The SMILES string of the molecule is COc1cc(N)ccc1N=Nc1ccc(N)cc1CO. The van der Waals surface area contributed by atoms with Gasteiger partial charge in [-0.2, -0.15) is 5.11 Å². The summed E-state index contributed by atoms with van der Waals surface area (Å²) >= 11 is 0. The fourth-order valence-electron chi connectivity index (χ4n) is 1.71. The topological polar surface area (TPSA) is 106 Å². The lowest BCUT2D eigenvalue weighted by molar-refractivity contribution is 0.282. The molecular weight excluding hydrogens is 256 g/mol.